The molecule has 0 saturated carbocycles. The number of hydrogen-bond donors (Lipinski definition) is 0. The van der Waals surface area contributed by atoms with Gasteiger partial charge in [-0.25, -0.2) is 4.99 Å². The van der Waals surface area contributed by atoms with E-state index in [1.165, 1.54) is 34.0 Å². The summed E-state index contributed by atoms with van der Waals surface area (Å²) in [6.45, 7) is 12.0. The van der Waals surface area contributed by atoms with E-state index in [1.807, 2.05) is 61.5 Å². The van der Waals surface area contributed by atoms with Crippen LogP contribution in [0.4, 0.5) is 5.69 Å². The maximum Gasteiger partial charge on any atom is 0.266 e. The molecule has 0 bridgehead atoms. The van der Waals surface area contributed by atoms with Crippen LogP contribution in [0.1, 0.15) is 48.1 Å². The average molecular weight is 515 g/mol. The van der Waals surface area contributed by atoms with Gasteiger partial charge in [0.1, 0.15) is 6.61 Å². The van der Waals surface area contributed by atoms with Gasteiger partial charge in [-0.3, -0.25) is 9.69 Å². The third kappa shape index (κ3) is 6.44. The van der Waals surface area contributed by atoms with Crippen LogP contribution in [0, 0.1) is 20.8 Å². The Morgan fingerprint density at radius 3 is 2.32 bits per heavy atom. The van der Waals surface area contributed by atoms with Crippen molar-refractivity contribution < 1.29 is 14.3 Å². The van der Waals surface area contributed by atoms with Gasteiger partial charge in [0.15, 0.2) is 16.7 Å². The lowest BCUT2D eigenvalue weighted by molar-refractivity contribution is -0.122. The summed E-state index contributed by atoms with van der Waals surface area (Å²) in [4.78, 5) is 20.4. The lowest BCUT2D eigenvalue weighted by Gasteiger charge is -2.16. The number of thioether (sulfide) groups is 1. The second-order valence-corrected chi connectivity index (χ2v) is 10.1. The first-order valence-corrected chi connectivity index (χ1v) is 13.5. The first kappa shape index (κ1) is 26.6. The Kier molecular flexibility index (Phi) is 8.72. The molecular formula is C31H34N2O3S. The molecule has 0 radical (unpaired) electrons. The average Bonchev–Trinajstić information content (AvgIpc) is 3.14. The van der Waals surface area contributed by atoms with E-state index in [1.54, 1.807) is 4.90 Å². The van der Waals surface area contributed by atoms with E-state index in [4.69, 9.17) is 14.5 Å². The maximum absolute atomic E-state index is 13.2. The van der Waals surface area contributed by atoms with Gasteiger partial charge in [-0.15, -0.1) is 0 Å². The van der Waals surface area contributed by atoms with Crippen molar-refractivity contribution in [2.75, 3.05) is 13.2 Å². The summed E-state index contributed by atoms with van der Waals surface area (Å²) in [6, 6.07) is 19.9. The number of carbonyl (C=O) groups excluding carboxylic acids is 1. The van der Waals surface area contributed by atoms with Crippen molar-refractivity contribution in [3.63, 3.8) is 0 Å². The summed E-state index contributed by atoms with van der Waals surface area (Å²) in [6.07, 6.45) is 2.76. The Morgan fingerprint density at radius 2 is 1.65 bits per heavy atom. The zero-order valence-electron chi connectivity index (χ0n) is 22.2. The van der Waals surface area contributed by atoms with Crippen LogP contribution in [0.15, 0.2) is 70.6 Å². The number of ether oxygens (including phenoxy) is 2. The van der Waals surface area contributed by atoms with Crippen molar-refractivity contribution in [3.8, 4) is 11.5 Å². The predicted molar refractivity (Wildman–Crippen MR) is 154 cm³/mol. The molecule has 0 spiro atoms. The van der Waals surface area contributed by atoms with E-state index in [-0.39, 0.29) is 5.91 Å². The van der Waals surface area contributed by atoms with Crippen molar-refractivity contribution >= 4 is 34.6 Å². The number of aliphatic imine (C=N–C) groups is 1. The molecule has 1 aliphatic heterocycles. The number of aryl methyl sites for hydroxylation is 3. The topological polar surface area (TPSA) is 51.1 Å². The number of carbonyl (C=O) groups is 1. The highest BCUT2D eigenvalue weighted by atomic mass is 32.2. The monoisotopic (exact) mass is 514 g/mol. The van der Waals surface area contributed by atoms with Crippen molar-refractivity contribution in [1.29, 1.82) is 0 Å². The lowest BCUT2D eigenvalue weighted by Crippen LogP contribution is -2.29. The SMILES string of the molecule is CCCN1C(=O)/C(=C\c2ccc(OCc3c(C)cc(C)cc3C)c(OCC)c2)SC1=Nc1ccccc1. The minimum absolute atomic E-state index is 0.0230. The summed E-state index contributed by atoms with van der Waals surface area (Å²) in [5, 5.41) is 0.707. The van der Waals surface area contributed by atoms with Crippen molar-refractivity contribution in [2.45, 2.75) is 47.6 Å². The van der Waals surface area contributed by atoms with E-state index >= 15 is 0 Å². The molecule has 0 aromatic heterocycles. The first-order chi connectivity index (χ1) is 17.9. The van der Waals surface area contributed by atoms with Gasteiger partial charge in [0.05, 0.1) is 17.2 Å². The molecule has 1 saturated heterocycles. The highest BCUT2D eigenvalue weighted by molar-refractivity contribution is 8.18. The first-order valence-electron chi connectivity index (χ1n) is 12.7. The molecule has 5 nitrogen and oxygen atoms in total. The second kappa shape index (κ2) is 12.2. The Hall–Kier alpha value is -3.51. The van der Waals surface area contributed by atoms with E-state index < -0.39 is 0 Å². The molecule has 37 heavy (non-hydrogen) atoms. The Labute approximate surface area is 224 Å². The molecule has 3 aromatic carbocycles. The molecular weight excluding hydrogens is 480 g/mol. The van der Waals surface area contributed by atoms with Gasteiger partial charge >= 0.3 is 0 Å². The zero-order valence-corrected chi connectivity index (χ0v) is 23.0. The molecule has 0 N–H and O–H groups in total. The number of amidine groups is 1. The molecule has 3 aromatic rings. The molecule has 4 rings (SSSR count). The minimum Gasteiger partial charge on any atom is -0.490 e. The standard InChI is InChI=1S/C31H34N2O3S/c1-6-15-33-30(34)29(37-31(33)32-25-11-9-8-10-12-25)19-24-13-14-27(28(18-24)35-7-2)36-20-26-22(4)16-21(3)17-23(26)5/h8-14,16-19H,6-7,15,20H2,1-5H3/b29-19+,32-31?. The van der Waals surface area contributed by atoms with E-state index in [0.29, 0.717) is 41.3 Å². The number of amides is 1. The largest absolute Gasteiger partial charge is 0.490 e. The number of rotatable bonds is 9. The summed E-state index contributed by atoms with van der Waals surface area (Å²) in [5.41, 5.74) is 6.59. The normalized spacial score (nSPS) is 15.6. The van der Waals surface area contributed by atoms with Crippen LogP contribution in [0.25, 0.3) is 6.08 Å². The third-order valence-electron chi connectivity index (χ3n) is 6.09. The lowest BCUT2D eigenvalue weighted by atomic mass is 10.0. The van der Waals surface area contributed by atoms with Crippen LogP contribution in [0.3, 0.4) is 0 Å². The molecule has 0 aliphatic carbocycles. The number of nitrogens with zero attached hydrogens (tertiary/aromatic N) is 2. The fraction of sp³-hybridized carbons (Fsp3) is 0.290. The van der Waals surface area contributed by atoms with Crippen LogP contribution < -0.4 is 9.47 Å². The summed E-state index contributed by atoms with van der Waals surface area (Å²) in [5.74, 6) is 1.33. The molecule has 1 fully saturated rings. The van der Waals surface area contributed by atoms with Gasteiger partial charge in [0, 0.05) is 6.54 Å². The van der Waals surface area contributed by atoms with Crippen molar-refractivity contribution in [2.24, 2.45) is 4.99 Å². The molecule has 1 heterocycles. The maximum atomic E-state index is 13.2. The fourth-order valence-corrected chi connectivity index (χ4v) is 5.39. The van der Waals surface area contributed by atoms with Crippen LogP contribution in [-0.2, 0) is 11.4 Å². The third-order valence-corrected chi connectivity index (χ3v) is 7.10. The predicted octanol–water partition coefficient (Wildman–Crippen LogP) is 7.60. The molecule has 0 atom stereocenters. The second-order valence-electron chi connectivity index (χ2n) is 9.10. The molecule has 1 amide bonds. The van der Waals surface area contributed by atoms with Gasteiger partial charge in [-0.2, -0.15) is 0 Å². The molecule has 192 valence electrons. The minimum atomic E-state index is -0.0230. The van der Waals surface area contributed by atoms with Crippen LogP contribution in [0.5, 0.6) is 11.5 Å². The van der Waals surface area contributed by atoms with Crippen LogP contribution in [-0.4, -0.2) is 29.1 Å². The molecule has 0 unspecified atom stereocenters. The van der Waals surface area contributed by atoms with Crippen molar-refractivity contribution in [1.82, 2.24) is 4.90 Å². The van der Waals surface area contributed by atoms with Crippen LogP contribution in [0.2, 0.25) is 0 Å². The zero-order chi connectivity index (χ0) is 26.4. The fourth-order valence-electron chi connectivity index (χ4n) is 4.37. The van der Waals surface area contributed by atoms with Crippen LogP contribution >= 0.6 is 11.8 Å². The smallest absolute Gasteiger partial charge is 0.266 e. The summed E-state index contributed by atoms with van der Waals surface area (Å²) < 4.78 is 12.1. The van der Waals surface area contributed by atoms with Gasteiger partial charge in [0.25, 0.3) is 5.91 Å². The van der Waals surface area contributed by atoms with Crippen molar-refractivity contribution in [3.05, 3.63) is 93.4 Å². The Balaban J connectivity index is 1.58. The summed E-state index contributed by atoms with van der Waals surface area (Å²) >= 11 is 1.41. The quantitative estimate of drug-likeness (QED) is 0.276. The number of benzene rings is 3. The van der Waals surface area contributed by atoms with Gasteiger partial charge in [0.2, 0.25) is 0 Å². The van der Waals surface area contributed by atoms with E-state index in [0.717, 1.165) is 17.7 Å². The molecule has 1 aliphatic rings. The van der Waals surface area contributed by atoms with Gasteiger partial charge in [-0.1, -0.05) is 48.9 Å². The van der Waals surface area contributed by atoms with Gasteiger partial charge < -0.3 is 9.47 Å². The van der Waals surface area contributed by atoms with E-state index in [2.05, 4.69) is 39.8 Å². The Morgan fingerprint density at radius 1 is 0.919 bits per heavy atom. The Bertz CT molecular complexity index is 1310. The highest BCUT2D eigenvalue weighted by Crippen LogP contribution is 2.36. The van der Waals surface area contributed by atoms with E-state index in [9.17, 15) is 4.79 Å². The van der Waals surface area contributed by atoms with Gasteiger partial charge in [-0.05, 0) is 98.5 Å². The summed E-state index contributed by atoms with van der Waals surface area (Å²) in [7, 11) is 0. The number of hydrogen-bond acceptors (Lipinski definition) is 5. The number of para-hydroxylation sites is 1. The highest BCUT2D eigenvalue weighted by Gasteiger charge is 2.32. The molecule has 6 heteroatoms.